The minimum absolute atomic E-state index is 0.230. The Labute approximate surface area is 155 Å². The van der Waals surface area contributed by atoms with E-state index in [0.29, 0.717) is 29.9 Å². The molecule has 0 spiro atoms. The fourth-order valence-corrected chi connectivity index (χ4v) is 2.88. The van der Waals surface area contributed by atoms with Gasteiger partial charge in [-0.2, -0.15) is 0 Å². The third-order valence-electron chi connectivity index (χ3n) is 4.49. The highest BCUT2D eigenvalue weighted by atomic mass is 19.1. The van der Waals surface area contributed by atoms with E-state index >= 15 is 0 Å². The molecule has 2 aromatic rings. The summed E-state index contributed by atoms with van der Waals surface area (Å²) in [6, 6.07) is 8.96. The van der Waals surface area contributed by atoms with Gasteiger partial charge in [0.15, 0.2) is 0 Å². The number of rotatable bonds is 8. The van der Waals surface area contributed by atoms with Crippen molar-refractivity contribution >= 4 is 5.97 Å². The van der Waals surface area contributed by atoms with E-state index in [1.807, 2.05) is 39.0 Å². The molecule has 0 saturated heterocycles. The molecule has 3 nitrogen and oxygen atoms in total. The predicted octanol–water partition coefficient (Wildman–Crippen LogP) is 5.41. The van der Waals surface area contributed by atoms with Crippen molar-refractivity contribution in [3.63, 3.8) is 0 Å². The molecular weight excluding hydrogens is 331 g/mol. The van der Waals surface area contributed by atoms with Crippen molar-refractivity contribution in [2.24, 2.45) is 0 Å². The van der Waals surface area contributed by atoms with E-state index in [9.17, 15) is 9.18 Å². The summed E-state index contributed by atoms with van der Waals surface area (Å²) >= 11 is 0. The molecule has 2 rings (SSSR count). The number of benzene rings is 2. The van der Waals surface area contributed by atoms with E-state index < -0.39 is 0 Å². The molecular formula is C22H27FO3. The SMILES string of the molecule is CCC(=O)Oc1cccc(CC)c1COc1cc(F)c(CC)cc1CC. The molecule has 0 atom stereocenters. The fraction of sp³-hybridized carbons (Fsp3) is 0.409. The highest BCUT2D eigenvalue weighted by Crippen LogP contribution is 2.29. The average Bonchev–Trinajstić information content (AvgIpc) is 2.66. The van der Waals surface area contributed by atoms with Crippen LogP contribution in [-0.4, -0.2) is 5.97 Å². The summed E-state index contributed by atoms with van der Waals surface area (Å²) < 4.78 is 25.6. The van der Waals surface area contributed by atoms with Crippen molar-refractivity contribution in [1.29, 1.82) is 0 Å². The Balaban J connectivity index is 2.31. The molecule has 140 valence electrons. The molecule has 0 aliphatic rings. The van der Waals surface area contributed by atoms with Crippen molar-refractivity contribution in [3.8, 4) is 11.5 Å². The van der Waals surface area contributed by atoms with Crippen molar-refractivity contribution < 1.29 is 18.7 Å². The molecule has 0 radical (unpaired) electrons. The summed E-state index contributed by atoms with van der Waals surface area (Å²) in [6.07, 6.45) is 2.50. The van der Waals surface area contributed by atoms with Gasteiger partial charge in [-0.15, -0.1) is 0 Å². The van der Waals surface area contributed by atoms with Crippen LogP contribution in [0.5, 0.6) is 11.5 Å². The Morgan fingerprint density at radius 2 is 1.62 bits per heavy atom. The lowest BCUT2D eigenvalue weighted by atomic mass is 10.0. The van der Waals surface area contributed by atoms with Gasteiger partial charge in [0.05, 0.1) is 0 Å². The second-order valence-electron chi connectivity index (χ2n) is 6.12. The smallest absolute Gasteiger partial charge is 0.310 e. The second-order valence-corrected chi connectivity index (χ2v) is 6.12. The van der Waals surface area contributed by atoms with Crippen LogP contribution in [0.2, 0.25) is 0 Å². The number of halogens is 1. The van der Waals surface area contributed by atoms with Crippen LogP contribution in [0.25, 0.3) is 0 Å². The maximum absolute atomic E-state index is 14.2. The molecule has 4 heteroatoms. The molecule has 0 aromatic heterocycles. The van der Waals surface area contributed by atoms with Crippen molar-refractivity contribution in [3.05, 3.63) is 58.4 Å². The first-order chi connectivity index (χ1) is 12.5. The summed E-state index contributed by atoms with van der Waals surface area (Å²) in [5.41, 5.74) is 3.55. The summed E-state index contributed by atoms with van der Waals surface area (Å²) in [7, 11) is 0. The molecule has 0 fully saturated rings. The first-order valence-electron chi connectivity index (χ1n) is 9.29. The van der Waals surface area contributed by atoms with Crippen LogP contribution >= 0.6 is 0 Å². The van der Waals surface area contributed by atoms with Crippen LogP contribution in [0.1, 0.15) is 56.4 Å². The minimum Gasteiger partial charge on any atom is -0.488 e. The Bertz CT molecular complexity index is 768. The highest BCUT2D eigenvalue weighted by Gasteiger charge is 2.14. The predicted molar refractivity (Wildman–Crippen MR) is 101 cm³/mol. The van der Waals surface area contributed by atoms with E-state index in [1.54, 1.807) is 13.0 Å². The van der Waals surface area contributed by atoms with Crippen molar-refractivity contribution in [2.75, 3.05) is 0 Å². The van der Waals surface area contributed by atoms with Gasteiger partial charge in [-0.25, -0.2) is 4.39 Å². The van der Waals surface area contributed by atoms with Gasteiger partial charge in [0.1, 0.15) is 23.9 Å². The van der Waals surface area contributed by atoms with Gasteiger partial charge < -0.3 is 9.47 Å². The van der Waals surface area contributed by atoms with Crippen LogP contribution in [0, 0.1) is 5.82 Å². The first kappa shape index (κ1) is 20.0. The average molecular weight is 358 g/mol. The molecule has 2 aromatic carbocycles. The maximum atomic E-state index is 14.2. The Hall–Kier alpha value is -2.36. The van der Waals surface area contributed by atoms with Crippen molar-refractivity contribution in [2.45, 2.75) is 60.0 Å². The first-order valence-corrected chi connectivity index (χ1v) is 9.29. The van der Waals surface area contributed by atoms with E-state index in [0.717, 1.165) is 29.5 Å². The van der Waals surface area contributed by atoms with Gasteiger partial charge in [0, 0.05) is 18.1 Å². The quantitative estimate of drug-likeness (QED) is 0.468. The Morgan fingerprint density at radius 3 is 2.23 bits per heavy atom. The van der Waals surface area contributed by atoms with Crippen LogP contribution < -0.4 is 9.47 Å². The van der Waals surface area contributed by atoms with Gasteiger partial charge in [0.2, 0.25) is 0 Å². The molecule has 0 saturated carbocycles. The van der Waals surface area contributed by atoms with Crippen LogP contribution in [0.15, 0.2) is 30.3 Å². The molecule has 0 unspecified atom stereocenters. The van der Waals surface area contributed by atoms with Gasteiger partial charge in [-0.3, -0.25) is 4.79 Å². The Kier molecular flexibility index (Phi) is 7.19. The number of aryl methyl sites for hydroxylation is 3. The third kappa shape index (κ3) is 4.63. The number of esters is 1. The van der Waals surface area contributed by atoms with Crippen LogP contribution in [0.4, 0.5) is 4.39 Å². The zero-order valence-corrected chi connectivity index (χ0v) is 16.0. The number of hydrogen-bond donors (Lipinski definition) is 0. The highest BCUT2D eigenvalue weighted by molar-refractivity contribution is 5.72. The van der Waals surface area contributed by atoms with E-state index in [1.165, 1.54) is 6.07 Å². The summed E-state index contributed by atoms with van der Waals surface area (Å²) in [6.45, 7) is 7.98. The largest absolute Gasteiger partial charge is 0.488 e. The molecule has 0 bridgehead atoms. The van der Waals surface area contributed by atoms with Gasteiger partial charge in [-0.1, -0.05) is 39.8 Å². The summed E-state index contributed by atoms with van der Waals surface area (Å²) in [5, 5.41) is 0. The molecule has 0 aliphatic heterocycles. The standard InChI is InChI=1S/C22H27FO3/c1-5-15-10-9-11-20(26-22(24)8-4)18(15)14-25-21-13-19(23)16(6-2)12-17(21)7-3/h9-13H,5-8,14H2,1-4H3. The van der Waals surface area contributed by atoms with Crippen LogP contribution in [0.3, 0.4) is 0 Å². The normalized spacial score (nSPS) is 10.7. The number of ether oxygens (including phenoxy) is 2. The topological polar surface area (TPSA) is 35.5 Å². The number of hydrogen-bond acceptors (Lipinski definition) is 3. The number of carbonyl (C=O) groups excluding carboxylic acids is 1. The van der Waals surface area contributed by atoms with Gasteiger partial charge in [0.25, 0.3) is 0 Å². The summed E-state index contributed by atoms with van der Waals surface area (Å²) in [4.78, 5) is 11.7. The van der Waals surface area contributed by atoms with Gasteiger partial charge >= 0.3 is 5.97 Å². The molecule has 26 heavy (non-hydrogen) atoms. The lowest BCUT2D eigenvalue weighted by molar-refractivity contribution is -0.134. The monoisotopic (exact) mass is 358 g/mol. The van der Waals surface area contributed by atoms with Gasteiger partial charge in [-0.05, 0) is 48.1 Å². The minimum atomic E-state index is -0.285. The lowest BCUT2D eigenvalue weighted by Crippen LogP contribution is -2.10. The molecule has 0 aliphatic carbocycles. The van der Waals surface area contributed by atoms with Crippen molar-refractivity contribution in [1.82, 2.24) is 0 Å². The van der Waals surface area contributed by atoms with E-state index in [2.05, 4.69) is 0 Å². The van der Waals surface area contributed by atoms with E-state index in [-0.39, 0.29) is 18.4 Å². The maximum Gasteiger partial charge on any atom is 0.310 e. The molecule has 0 heterocycles. The lowest BCUT2D eigenvalue weighted by Gasteiger charge is -2.17. The summed E-state index contributed by atoms with van der Waals surface area (Å²) in [5.74, 6) is 0.522. The molecule has 0 amide bonds. The Morgan fingerprint density at radius 1 is 0.923 bits per heavy atom. The zero-order chi connectivity index (χ0) is 19.1. The zero-order valence-electron chi connectivity index (χ0n) is 16.0. The fourth-order valence-electron chi connectivity index (χ4n) is 2.88. The number of carbonyl (C=O) groups is 1. The third-order valence-corrected chi connectivity index (χ3v) is 4.49. The second kappa shape index (κ2) is 9.37. The molecule has 0 N–H and O–H groups in total. The van der Waals surface area contributed by atoms with E-state index in [4.69, 9.17) is 9.47 Å². The van der Waals surface area contributed by atoms with Crippen LogP contribution in [-0.2, 0) is 30.7 Å².